The van der Waals surface area contributed by atoms with E-state index in [1.807, 2.05) is 66.8 Å². The van der Waals surface area contributed by atoms with Gasteiger partial charge in [0.2, 0.25) is 0 Å². The van der Waals surface area contributed by atoms with Gasteiger partial charge in [-0.25, -0.2) is 0 Å². The van der Waals surface area contributed by atoms with E-state index in [0.29, 0.717) is 5.76 Å². The summed E-state index contributed by atoms with van der Waals surface area (Å²) in [5.74, 6) is 0.949. The van der Waals surface area contributed by atoms with Crippen molar-refractivity contribution in [2.75, 3.05) is 0 Å². The number of hydrogen-bond donors (Lipinski definition) is 1. The second-order valence-corrected chi connectivity index (χ2v) is 5.16. The van der Waals surface area contributed by atoms with Crippen molar-refractivity contribution in [2.45, 2.75) is 6.10 Å². The fraction of sp³-hybridized carbons (Fsp3) is 0.0526. The Kier molecular flexibility index (Phi) is 2.68. The Morgan fingerprint density at radius 3 is 2.81 bits per heavy atom. The number of phenolic OH excluding ortho intramolecular Hbond substituents is 1. The van der Waals surface area contributed by atoms with Gasteiger partial charge in [0.1, 0.15) is 17.6 Å². The first-order chi connectivity index (χ1) is 10.3. The van der Waals surface area contributed by atoms with Crippen molar-refractivity contribution in [1.82, 2.24) is 0 Å². The summed E-state index contributed by atoms with van der Waals surface area (Å²) in [5, 5.41) is 12.4. The largest absolute Gasteiger partial charge is 0.507 e. The Morgan fingerprint density at radius 1 is 0.952 bits per heavy atom. The van der Waals surface area contributed by atoms with Gasteiger partial charge < -0.3 is 9.84 Å². The summed E-state index contributed by atoms with van der Waals surface area (Å²) in [6, 6.07) is 11.6. The van der Waals surface area contributed by atoms with Gasteiger partial charge in [0.25, 0.3) is 0 Å². The van der Waals surface area contributed by atoms with E-state index in [0.717, 1.165) is 21.9 Å². The lowest BCUT2D eigenvalue weighted by Crippen LogP contribution is -2.16. The molecule has 1 heterocycles. The van der Waals surface area contributed by atoms with Crippen LogP contribution in [0.1, 0.15) is 5.56 Å². The highest BCUT2D eigenvalue weighted by atomic mass is 16.5. The maximum Gasteiger partial charge on any atom is 0.142 e. The van der Waals surface area contributed by atoms with Crippen molar-refractivity contribution in [3.8, 4) is 5.75 Å². The van der Waals surface area contributed by atoms with E-state index in [4.69, 9.17) is 4.74 Å². The zero-order valence-corrected chi connectivity index (χ0v) is 11.4. The first-order valence-electron chi connectivity index (χ1n) is 6.97. The minimum Gasteiger partial charge on any atom is -0.507 e. The molecule has 21 heavy (non-hydrogen) atoms. The Bertz CT molecular complexity index is 838. The number of aromatic hydroxyl groups is 1. The number of fused-ring (bicyclic) bond motifs is 2. The first kappa shape index (κ1) is 12.0. The van der Waals surface area contributed by atoms with Gasteiger partial charge in [0.05, 0.1) is 5.56 Å². The molecule has 4 rings (SSSR count). The molecule has 1 aliphatic heterocycles. The molecule has 0 fully saturated rings. The fourth-order valence-electron chi connectivity index (χ4n) is 2.80. The Hall–Kier alpha value is -2.74. The van der Waals surface area contributed by atoms with E-state index >= 15 is 0 Å². The monoisotopic (exact) mass is 274 g/mol. The molecule has 0 amide bonds. The molecule has 0 spiro atoms. The third-order valence-corrected chi connectivity index (χ3v) is 3.85. The topological polar surface area (TPSA) is 29.5 Å². The van der Waals surface area contributed by atoms with Gasteiger partial charge in [-0.2, -0.15) is 0 Å². The third-order valence-electron chi connectivity index (χ3n) is 3.85. The molecule has 2 heteroatoms. The summed E-state index contributed by atoms with van der Waals surface area (Å²) in [6.45, 7) is 0. The van der Waals surface area contributed by atoms with Crippen LogP contribution in [0.25, 0.3) is 16.5 Å². The zero-order chi connectivity index (χ0) is 14.2. The van der Waals surface area contributed by atoms with Gasteiger partial charge >= 0.3 is 0 Å². The van der Waals surface area contributed by atoms with Gasteiger partial charge in [-0.1, -0.05) is 54.6 Å². The molecule has 2 aliphatic rings. The molecule has 1 unspecified atom stereocenters. The van der Waals surface area contributed by atoms with Gasteiger partial charge in [0.15, 0.2) is 0 Å². The third kappa shape index (κ3) is 1.96. The molecule has 0 saturated carbocycles. The van der Waals surface area contributed by atoms with Crippen LogP contribution in [-0.4, -0.2) is 11.2 Å². The van der Waals surface area contributed by atoms with Gasteiger partial charge in [-0.15, -0.1) is 0 Å². The van der Waals surface area contributed by atoms with E-state index in [1.54, 1.807) is 6.07 Å². The number of benzene rings is 2. The number of allylic oxidation sites excluding steroid dienone is 4. The Balaban J connectivity index is 1.89. The molecule has 1 aliphatic carbocycles. The average molecular weight is 274 g/mol. The molecular weight excluding hydrogens is 260 g/mol. The molecule has 2 aromatic carbocycles. The van der Waals surface area contributed by atoms with Crippen LogP contribution in [0.3, 0.4) is 0 Å². The first-order valence-corrected chi connectivity index (χ1v) is 6.97. The molecular formula is C19H14O2. The lowest BCUT2D eigenvalue weighted by Gasteiger charge is -2.25. The molecule has 1 atom stereocenters. The zero-order valence-electron chi connectivity index (χ0n) is 11.4. The Morgan fingerprint density at radius 2 is 1.86 bits per heavy atom. The van der Waals surface area contributed by atoms with E-state index in [1.165, 1.54) is 0 Å². The highest BCUT2D eigenvalue weighted by Crippen LogP contribution is 2.37. The highest BCUT2D eigenvalue weighted by Gasteiger charge is 2.21. The number of hydrogen-bond acceptors (Lipinski definition) is 2. The van der Waals surface area contributed by atoms with Crippen molar-refractivity contribution >= 4 is 16.5 Å². The second-order valence-electron chi connectivity index (χ2n) is 5.16. The summed E-state index contributed by atoms with van der Waals surface area (Å²) in [4.78, 5) is 0. The molecule has 0 radical (unpaired) electrons. The Labute approximate surface area is 123 Å². The summed E-state index contributed by atoms with van der Waals surface area (Å²) >= 11 is 0. The van der Waals surface area contributed by atoms with E-state index in [2.05, 4.69) is 0 Å². The number of phenols is 1. The smallest absolute Gasteiger partial charge is 0.142 e. The maximum absolute atomic E-state index is 10.3. The van der Waals surface area contributed by atoms with Crippen molar-refractivity contribution in [2.24, 2.45) is 0 Å². The van der Waals surface area contributed by atoms with Crippen LogP contribution in [0.4, 0.5) is 0 Å². The fourth-order valence-corrected chi connectivity index (χ4v) is 2.80. The summed E-state index contributed by atoms with van der Waals surface area (Å²) in [5.41, 5.74) is 1.88. The van der Waals surface area contributed by atoms with Crippen LogP contribution in [0.15, 0.2) is 78.4 Å². The van der Waals surface area contributed by atoms with Gasteiger partial charge in [0, 0.05) is 0 Å². The molecule has 2 aromatic rings. The predicted octanol–water partition coefficient (Wildman–Crippen LogP) is 4.34. The normalized spacial score (nSPS) is 19.7. The molecule has 102 valence electrons. The summed E-state index contributed by atoms with van der Waals surface area (Å²) in [7, 11) is 0. The minimum absolute atomic E-state index is 0.0756. The average Bonchev–Trinajstić information content (AvgIpc) is 2.54. The second kappa shape index (κ2) is 4.67. The SMILES string of the molecule is Oc1ccc2ccccc2c1C1=CC=C2C=CC=CC2O1. The van der Waals surface area contributed by atoms with Crippen molar-refractivity contribution < 1.29 is 9.84 Å². The number of rotatable bonds is 1. The lowest BCUT2D eigenvalue weighted by molar-refractivity contribution is 0.242. The van der Waals surface area contributed by atoms with Crippen LogP contribution in [0.2, 0.25) is 0 Å². The molecule has 0 bridgehead atoms. The maximum atomic E-state index is 10.3. The van der Waals surface area contributed by atoms with E-state index in [9.17, 15) is 5.11 Å². The highest BCUT2D eigenvalue weighted by molar-refractivity contribution is 5.95. The van der Waals surface area contributed by atoms with Gasteiger partial charge in [-0.05, 0) is 34.6 Å². The standard InChI is InChI=1S/C19H14O2/c20-16-11-9-13-5-1-3-7-15(13)19(16)18-12-10-14-6-2-4-8-17(14)21-18/h1-12,17,20H. The summed E-state index contributed by atoms with van der Waals surface area (Å²) < 4.78 is 6.06. The minimum atomic E-state index is -0.0756. The summed E-state index contributed by atoms with van der Waals surface area (Å²) in [6.07, 6.45) is 11.9. The van der Waals surface area contributed by atoms with Crippen molar-refractivity contribution in [3.63, 3.8) is 0 Å². The van der Waals surface area contributed by atoms with Crippen LogP contribution < -0.4 is 0 Å². The van der Waals surface area contributed by atoms with E-state index < -0.39 is 0 Å². The van der Waals surface area contributed by atoms with Crippen LogP contribution in [0.5, 0.6) is 5.75 Å². The van der Waals surface area contributed by atoms with Crippen molar-refractivity contribution in [1.29, 1.82) is 0 Å². The molecule has 2 nitrogen and oxygen atoms in total. The molecule has 0 saturated heterocycles. The van der Waals surface area contributed by atoms with Crippen molar-refractivity contribution in [3.05, 3.63) is 84.0 Å². The predicted molar refractivity (Wildman–Crippen MR) is 84.8 cm³/mol. The van der Waals surface area contributed by atoms with Crippen LogP contribution in [-0.2, 0) is 4.74 Å². The van der Waals surface area contributed by atoms with Crippen LogP contribution in [0, 0.1) is 0 Å². The van der Waals surface area contributed by atoms with Gasteiger partial charge in [-0.3, -0.25) is 0 Å². The molecule has 1 N–H and O–H groups in total. The van der Waals surface area contributed by atoms with Crippen LogP contribution >= 0.6 is 0 Å². The lowest BCUT2D eigenvalue weighted by atomic mass is 9.97. The number of ether oxygens (including phenoxy) is 1. The van der Waals surface area contributed by atoms with E-state index in [-0.39, 0.29) is 11.9 Å². The quantitative estimate of drug-likeness (QED) is 0.838. The molecule has 0 aromatic heterocycles.